The molecule has 0 radical (unpaired) electrons. The van der Waals surface area contributed by atoms with Crippen LogP contribution < -0.4 is 10.1 Å². The van der Waals surface area contributed by atoms with Gasteiger partial charge in [-0.05, 0) is 43.3 Å². The van der Waals surface area contributed by atoms with Crippen molar-refractivity contribution in [3.63, 3.8) is 0 Å². The highest BCUT2D eigenvalue weighted by molar-refractivity contribution is 7.14. The minimum atomic E-state index is -0.962. The number of imide groups is 1. The number of methoxy groups -OCH3 is 1. The molecule has 0 aliphatic carbocycles. The number of ether oxygens (including phenoxy) is 1. The summed E-state index contributed by atoms with van der Waals surface area (Å²) in [7, 11) is 1.60. The molecule has 3 amide bonds. The number of carbonyl (C=O) groups is 3. The SMILES string of the molecule is COc1ccc(-c2csc(NC(=O)[C@H](C)N3C(=O)c4ccccc4C3=O)n2)cc1. The molecule has 0 bridgehead atoms. The van der Waals surface area contributed by atoms with Crippen LogP contribution >= 0.6 is 11.3 Å². The van der Waals surface area contributed by atoms with Gasteiger partial charge in [0.25, 0.3) is 11.8 Å². The molecule has 0 saturated carbocycles. The molecule has 0 unspecified atom stereocenters. The first-order chi connectivity index (χ1) is 14.0. The number of amides is 3. The maximum Gasteiger partial charge on any atom is 0.262 e. The fraction of sp³-hybridized carbons (Fsp3) is 0.143. The van der Waals surface area contributed by atoms with Crippen LogP contribution in [0.5, 0.6) is 5.75 Å². The smallest absolute Gasteiger partial charge is 0.262 e. The Labute approximate surface area is 170 Å². The summed E-state index contributed by atoms with van der Waals surface area (Å²) in [6, 6.07) is 13.0. The Bertz CT molecular complexity index is 1070. The van der Waals surface area contributed by atoms with Gasteiger partial charge >= 0.3 is 0 Å². The van der Waals surface area contributed by atoms with Gasteiger partial charge in [0.2, 0.25) is 5.91 Å². The zero-order valence-corrected chi connectivity index (χ0v) is 16.5. The number of anilines is 1. The van der Waals surface area contributed by atoms with Gasteiger partial charge in [-0.3, -0.25) is 19.3 Å². The van der Waals surface area contributed by atoms with Gasteiger partial charge in [0.15, 0.2) is 5.13 Å². The Kier molecular flexibility index (Phi) is 4.85. The summed E-state index contributed by atoms with van der Waals surface area (Å²) >= 11 is 1.27. The van der Waals surface area contributed by atoms with Crippen LogP contribution in [0.25, 0.3) is 11.3 Å². The van der Waals surface area contributed by atoms with E-state index in [2.05, 4.69) is 10.3 Å². The van der Waals surface area contributed by atoms with Gasteiger partial charge < -0.3 is 10.1 Å². The molecular weight excluding hydrogens is 390 g/mol. The van der Waals surface area contributed by atoms with Crippen molar-refractivity contribution in [1.29, 1.82) is 0 Å². The number of aromatic nitrogens is 1. The molecule has 3 aromatic rings. The maximum absolute atomic E-state index is 12.7. The molecule has 8 heteroatoms. The predicted molar refractivity (Wildman–Crippen MR) is 109 cm³/mol. The lowest BCUT2D eigenvalue weighted by atomic mass is 10.1. The Morgan fingerprint density at radius 2 is 1.69 bits per heavy atom. The largest absolute Gasteiger partial charge is 0.497 e. The summed E-state index contributed by atoms with van der Waals surface area (Å²) in [5.74, 6) is -0.667. The van der Waals surface area contributed by atoms with Crippen LogP contribution in [0.15, 0.2) is 53.9 Å². The first-order valence-electron chi connectivity index (χ1n) is 8.87. The van der Waals surface area contributed by atoms with Crippen molar-refractivity contribution < 1.29 is 19.1 Å². The van der Waals surface area contributed by atoms with Crippen molar-refractivity contribution in [2.75, 3.05) is 12.4 Å². The third kappa shape index (κ3) is 3.38. The highest BCUT2D eigenvalue weighted by Crippen LogP contribution is 2.28. The second-order valence-electron chi connectivity index (χ2n) is 6.46. The lowest BCUT2D eigenvalue weighted by molar-refractivity contribution is -0.119. The van der Waals surface area contributed by atoms with Crippen LogP contribution in [0.3, 0.4) is 0 Å². The number of rotatable bonds is 5. The minimum Gasteiger partial charge on any atom is -0.497 e. The number of nitrogens with one attached hydrogen (secondary N) is 1. The zero-order valence-electron chi connectivity index (χ0n) is 15.7. The van der Waals surface area contributed by atoms with E-state index in [0.29, 0.717) is 22.0 Å². The van der Waals surface area contributed by atoms with E-state index in [-0.39, 0.29) is 0 Å². The van der Waals surface area contributed by atoms with Crippen molar-refractivity contribution >= 4 is 34.2 Å². The molecule has 0 fully saturated rings. The van der Waals surface area contributed by atoms with Crippen molar-refractivity contribution in [2.24, 2.45) is 0 Å². The fourth-order valence-electron chi connectivity index (χ4n) is 3.11. The molecule has 146 valence electrons. The summed E-state index contributed by atoms with van der Waals surface area (Å²) < 4.78 is 5.14. The highest BCUT2D eigenvalue weighted by Gasteiger charge is 2.40. The van der Waals surface area contributed by atoms with E-state index in [0.717, 1.165) is 16.2 Å². The minimum absolute atomic E-state index is 0.313. The van der Waals surface area contributed by atoms with Crippen molar-refractivity contribution in [3.05, 3.63) is 65.0 Å². The number of fused-ring (bicyclic) bond motifs is 1. The monoisotopic (exact) mass is 407 g/mol. The standard InChI is InChI=1S/C21H17N3O4S/c1-12(24-19(26)15-5-3-4-6-16(15)20(24)27)18(25)23-21-22-17(11-29-21)13-7-9-14(28-2)10-8-13/h3-12H,1-2H3,(H,22,23,25)/t12-/m0/s1. The zero-order chi connectivity index (χ0) is 20.5. The van der Waals surface area contributed by atoms with E-state index < -0.39 is 23.8 Å². The second-order valence-corrected chi connectivity index (χ2v) is 7.32. The molecule has 0 saturated heterocycles. The van der Waals surface area contributed by atoms with Crippen LogP contribution in [0.1, 0.15) is 27.6 Å². The third-order valence-electron chi connectivity index (χ3n) is 4.71. The average molecular weight is 407 g/mol. The summed E-state index contributed by atoms with van der Waals surface area (Å²) in [6.45, 7) is 1.52. The molecule has 0 spiro atoms. The van der Waals surface area contributed by atoms with Gasteiger partial charge in [0.1, 0.15) is 11.8 Å². The van der Waals surface area contributed by atoms with E-state index in [1.807, 2.05) is 29.6 Å². The average Bonchev–Trinajstić information content (AvgIpc) is 3.31. The first kappa shape index (κ1) is 18.8. The first-order valence-corrected chi connectivity index (χ1v) is 9.75. The molecule has 4 rings (SSSR count). The summed E-state index contributed by atoms with van der Waals surface area (Å²) in [5, 5.41) is 4.91. The lowest BCUT2D eigenvalue weighted by Gasteiger charge is -2.21. The molecule has 1 aliphatic heterocycles. The topological polar surface area (TPSA) is 88.6 Å². The summed E-state index contributed by atoms with van der Waals surface area (Å²) in [4.78, 5) is 43.2. The maximum atomic E-state index is 12.7. The molecule has 2 aromatic carbocycles. The van der Waals surface area contributed by atoms with Crippen LogP contribution in [-0.2, 0) is 4.79 Å². The molecule has 2 heterocycles. The van der Waals surface area contributed by atoms with Gasteiger partial charge in [0, 0.05) is 10.9 Å². The Hall–Kier alpha value is -3.52. The van der Waals surface area contributed by atoms with Crippen molar-refractivity contribution in [3.8, 4) is 17.0 Å². The molecule has 7 nitrogen and oxygen atoms in total. The van der Waals surface area contributed by atoms with Crippen molar-refractivity contribution in [2.45, 2.75) is 13.0 Å². The number of carbonyl (C=O) groups excluding carboxylic acids is 3. The van der Waals surface area contributed by atoms with E-state index in [1.165, 1.54) is 18.3 Å². The molecule has 1 aliphatic rings. The molecular formula is C21H17N3O4S. The van der Waals surface area contributed by atoms with E-state index in [1.54, 1.807) is 31.4 Å². The van der Waals surface area contributed by atoms with Crippen molar-refractivity contribution in [1.82, 2.24) is 9.88 Å². The van der Waals surface area contributed by atoms with Gasteiger partial charge in [-0.15, -0.1) is 11.3 Å². The summed E-state index contributed by atoms with van der Waals surface area (Å²) in [6.07, 6.45) is 0. The van der Waals surface area contributed by atoms with Crippen LogP contribution in [0.2, 0.25) is 0 Å². The Morgan fingerprint density at radius 1 is 1.07 bits per heavy atom. The van der Waals surface area contributed by atoms with E-state index >= 15 is 0 Å². The van der Waals surface area contributed by atoms with Gasteiger partial charge in [-0.25, -0.2) is 4.98 Å². The number of hydrogen-bond acceptors (Lipinski definition) is 6. The van der Waals surface area contributed by atoms with Crippen LogP contribution in [0.4, 0.5) is 5.13 Å². The Morgan fingerprint density at radius 3 is 2.28 bits per heavy atom. The normalized spacial score (nSPS) is 13.9. The second kappa shape index (κ2) is 7.48. The van der Waals surface area contributed by atoms with Gasteiger partial charge in [-0.1, -0.05) is 12.1 Å². The molecule has 1 atom stereocenters. The van der Waals surface area contributed by atoms with E-state index in [9.17, 15) is 14.4 Å². The van der Waals surface area contributed by atoms with E-state index in [4.69, 9.17) is 4.74 Å². The predicted octanol–water partition coefficient (Wildman–Crippen LogP) is 3.44. The van der Waals surface area contributed by atoms with Gasteiger partial charge in [-0.2, -0.15) is 0 Å². The van der Waals surface area contributed by atoms with Crippen LogP contribution in [0, 0.1) is 0 Å². The third-order valence-corrected chi connectivity index (χ3v) is 5.47. The fourth-order valence-corrected chi connectivity index (χ4v) is 3.83. The summed E-state index contributed by atoms with van der Waals surface area (Å²) in [5.41, 5.74) is 2.22. The molecule has 1 aromatic heterocycles. The highest BCUT2D eigenvalue weighted by atomic mass is 32.1. The number of nitrogens with zero attached hydrogens (tertiary/aromatic N) is 2. The number of benzene rings is 2. The molecule has 1 N–H and O–H groups in total. The van der Waals surface area contributed by atoms with Crippen LogP contribution in [-0.4, -0.2) is 40.8 Å². The number of thiazole rings is 1. The number of hydrogen-bond donors (Lipinski definition) is 1. The lowest BCUT2D eigenvalue weighted by Crippen LogP contribution is -2.45. The Balaban J connectivity index is 1.48. The molecule has 29 heavy (non-hydrogen) atoms. The van der Waals surface area contributed by atoms with Gasteiger partial charge in [0.05, 0.1) is 23.9 Å². The quantitative estimate of drug-likeness (QED) is 0.655.